The van der Waals surface area contributed by atoms with Gasteiger partial charge in [-0.3, -0.25) is 9.59 Å². The van der Waals surface area contributed by atoms with Crippen LogP contribution in [0.15, 0.2) is 33.1 Å². The van der Waals surface area contributed by atoms with Gasteiger partial charge in [-0.1, -0.05) is 0 Å². The zero-order valence-corrected chi connectivity index (χ0v) is 12.2. The molecule has 0 aliphatic heterocycles. The Morgan fingerprint density at radius 1 is 1.00 bits per heavy atom. The summed E-state index contributed by atoms with van der Waals surface area (Å²) in [6, 6.07) is 6.43. The van der Waals surface area contributed by atoms with Crippen molar-refractivity contribution >= 4 is 11.8 Å². The molecule has 0 aliphatic carbocycles. The van der Waals surface area contributed by atoms with Gasteiger partial charge in [0.2, 0.25) is 0 Å². The van der Waals surface area contributed by atoms with Crippen LogP contribution in [0.4, 0.5) is 0 Å². The second kappa shape index (κ2) is 6.30. The first-order chi connectivity index (χ1) is 9.95. The summed E-state index contributed by atoms with van der Waals surface area (Å²) in [4.78, 5) is 23.6. The van der Waals surface area contributed by atoms with E-state index in [1.165, 1.54) is 0 Å². The maximum Gasteiger partial charge on any atom is 0.287 e. The first kappa shape index (κ1) is 14.9. The van der Waals surface area contributed by atoms with Crippen LogP contribution < -0.4 is 10.6 Å². The van der Waals surface area contributed by atoms with Gasteiger partial charge < -0.3 is 19.5 Å². The summed E-state index contributed by atoms with van der Waals surface area (Å²) in [5.41, 5.74) is 0. The monoisotopic (exact) mass is 290 g/mol. The summed E-state index contributed by atoms with van der Waals surface area (Å²) in [5, 5.41) is 5.44. The minimum atomic E-state index is -0.307. The van der Waals surface area contributed by atoms with Gasteiger partial charge in [-0.05, 0) is 45.0 Å². The molecule has 112 valence electrons. The quantitative estimate of drug-likeness (QED) is 0.882. The van der Waals surface area contributed by atoms with Gasteiger partial charge in [-0.15, -0.1) is 0 Å². The number of hydrogen-bond donors (Lipinski definition) is 2. The average Bonchev–Trinajstić information content (AvgIpc) is 3.04. The van der Waals surface area contributed by atoms with Crippen LogP contribution >= 0.6 is 0 Å². The van der Waals surface area contributed by atoms with Crippen LogP contribution in [0, 0.1) is 13.8 Å². The van der Waals surface area contributed by atoms with Crippen LogP contribution in [-0.4, -0.2) is 24.4 Å². The summed E-state index contributed by atoms with van der Waals surface area (Å²) in [5.74, 6) is 1.25. The number of amides is 2. The molecule has 0 aliphatic rings. The summed E-state index contributed by atoms with van der Waals surface area (Å²) >= 11 is 0. The molecule has 2 amide bonds. The van der Waals surface area contributed by atoms with Crippen molar-refractivity contribution in [3.8, 4) is 0 Å². The standard InChI is InChI=1S/C15H18N2O4/c1-9(17-15(19)13-7-5-11(3)21-13)8-16-14(18)12-6-4-10(2)20-12/h4-7,9H,8H2,1-3H3,(H,16,18)(H,17,19)/t9-/m0/s1. The fourth-order valence-electron chi connectivity index (χ4n) is 1.79. The number of aryl methyl sites for hydroxylation is 2. The Morgan fingerprint density at radius 3 is 2.00 bits per heavy atom. The zero-order valence-electron chi connectivity index (χ0n) is 12.2. The third-order valence-corrected chi connectivity index (χ3v) is 2.87. The predicted octanol–water partition coefficient (Wildman–Crippen LogP) is 2.04. The average molecular weight is 290 g/mol. The van der Waals surface area contributed by atoms with E-state index in [1.807, 2.05) is 0 Å². The number of furan rings is 2. The van der Waals surface area contributed by atoms with E-state index in [2.05, 4.69) is 10.6 Å². The minimum Gasteiger partial charge on any atom is -0.456 e. The largest absolute Gasteiger partial charge is 0.456 e. The summed E-state index contributed by atoms with van der Waals surface area (Å²) in [6.45, 7) is 5.63. The highest BCUT2D eigenvalue weighted by Crippen LogP contribution is 2.07. The fraction of sp³-hybridized carbons (Fsp3) is 0.333. The van der Waals surface area contributed by atoms with Crippen molar-refractivity contribution in [3.05, 3.63) is 47.3 Å². The van der Waals surface area contributed by atoms with Crippen molar-refractivity contribution in [2.24, 2.45) is 0 Å². The van der Waals surface area contributed by atoms with Crippen LogP contribution in [0.5, 0.6) is 0 Å². The zero-order chi connectivity index (χ0) is 15.4. The number of nitrogens with one attached hydrogen (secondary N) is 2. The lowest BCUT2D eigenvalue weighted by Crippen LogP contribution is -2.41. The molecular formula is C15H18N2O4. The van der Waals surface area contributed by atoms with E-state index in [-0.39, 0.29) is 29.4 Å². The van der Waals surface area contributed by atoms with Gasteiger partial charge in [0, 0.05) is 12.6 Å². The lowest BCUT2D eigenvalue weighted by atomic mass is 10.3. The van der Waals surface area contributed by atoms with Crippen LogP contribution in [0.1, 0.15) is 39.6 Å². The third-order valence-electron chi connectivity index (χ3n) is 2.87. The van der Waals surface area contributed by atoms with Crippen molar-refractivity contribution in [2.75, 3.05) is 6.54 Å². The molecule has 0 unspecified atom stereocenters. The smallest absolute Gasteiger partial charge is 0.287 e. The van der Waals surface area contributed by atoms with Crippen LogP contribution in [0.3, 0.4) is 0 Å². The SMILES string of the molecule is Cc1ccc(C(=O)NC[C@H](C)NC(=O)c2ccc(C)o2)o1. The molecule has 6 nitrogen and oxygen atoms in total. The predicted molar refractivity (Wildman–Crippen MR) is 76.2 cm³/mol. The van der Waals surface area contributed by atoms with Crippen molar-refractivity contribution < 1.29 is 18.4 Å². The van der Waals surface area contributed by atoms with Crippen molar-refractivity contribution in [1.82, 2.24) is 10.6 Å². The molecule has 2 aromatic heterocycles. The molecule has 1 atom stereocenters. The van der Waals surface area contributed by atoms with Gasteiger partial charge in [0.15, 0.2) is 11.5 Å². The maximum atomic E-state index is 11.9. The summed E-state index contributed by atoms with van der Waals surface area (Å²) in [7, 11) is 0. The van der Waals surface area contributed by atoms with Gasteiger partial charge in [-0.25, -0.2) is 0 Å². The van der Waals surface area contributed by atoms with Gasteiger partial charge >= 0.3 is 0 Å². The van der Waals surface area contributed by atoms with E-state index in [1.54, 1.807) is 45.0 Å². The Labute approximate surface area is 122 Å². The normalized spacial score (nSPS) is 12.0. The second-order valence-electron chi connectivity index (χ2n) is 4.91. The van der Waals surface area contributed by atoms with Gasteiger partial charge in [0.1, 0.15) is 11.5 Å². The van der Waals surface area contributed by atoms with Gasteiger partial charge in [0.25, 0.3) is 11.8 Å². The summed E-state index contributed by atoms with van der Waals surface area (Å²) in [6.07, 6.45) is 0. The molecule has 0 saturated heterocycles. The van der Waals surface area contributed by atoms with E-state index in [0.717, 1.165) is 0 Å². The molecule has 0 spiro atoms. The Bertz CT molecular complexity index is 642. The molecular weight excluding hydrogens is 272 g/mol. The number of carbonyl (C=O) groups is 2. The molecule has 2 aromatic rings. The van der Waals surface area contributed by atoms with Crippen LogP contribution in [0.2, 0.25) is 0 Å². The molecule has 6 heteroatoms. The molecule has 21 heavy (non-hydrogen) atoms. The highest BCUT2D eigenvalue weighted by Gasteiger charge is 2.15. The second-order valence-corrected chi connectivity index (χ2v) is 4.91. The van der Waals surface area contributed by atoms with E-state index in [9.17, 15) is 9.59 Å². The number of rotatable bonds is 5. The van der Waals surface area contributed by atoms with Crippen LogP contribution in [-0.2, 0) is 0 Å². The van der Waals surface area contributed by atoms with Gasteiger partial charge in [0.05, 0.1) is 0 Å². The van der Waals surface area contributed by atoms with Crippen molar-refractivity contribution in [2.45, 2.75) is 26.8 Å². The highest BCUT2D eigenvalue weighted by atomic mass is 16.4. The van der Waals surface area contributed by atoms with Crippen molar-refractivity contribution in [1.29, 1.82) is 0 Å². The molecule has 0 saturated carbocycles. The highest BCUT2D eigenvalue weighted by molar-refractivity contribution is 5.92. The number of carbonyl (C=O) groups excluding carboxylic acids is 2. The molecule has 0 bridgehead atoms. The first-order valence-electron chi connectivity index (χ1n) is 6.67. The molecule has 0 radical (unpaired) electrons. The molecule has 2 rings (SSSR count). The van der Waals surface area contributed by atoms with E-state index >= 15 is 0 Å². The Hall–Kier alpha value is -2.50. The maximum absolute atomic E-state index is 11.9. The lowest BCUT2D eigenvalue weighted by molar-refractivity contribution is 0.0883. The third kappa shape index (κ3) is 3.98. The molecule has 0 fully saturated rings. The Kier molecular flexibility index (Phi) is 4.47. The first-order valence-corrected chi connectivity index (χ1v) is 6.67. The van der Waals surface area contributed by atoms with E-state index < -0.39 is 0 Å². The van der Waals surface area contributed by atoms with Gasteiger partial charge in [-0.2, -0.15) is 0 Å². The Balaban J connectivity index is 1.80. The topological polar surface area (TPSA) is 84.5 Å². The summed E-state index contributed by atoms with van der Waals surface area (Å²) < 4.78 is 10.4. The van der Waals surface area contributed by atoms with E-state index in [4.69, 9.17) is 8.83 Å². The van der Waals surface area contributed by atoms with Crippen LogP contribution in [0.25, 0.3) is 0 Å². The molecule has 0 aromatic carbocycles. The lowest BCUT2D eigenvalue weighted by Gasteiger charge is -2.13. The van der Waals surface area contributed by atoms with Crippen molar-refractivity contribution in [3.63, 3.8) is 0 Å². The van der Waals surface area contributed by atoms with E-state index in [0.29, 0.717) is 18.1 Å². The Morgan fingerprint density at radius 2 is 1.52 bits per heavy atom. The number of hydrogen-bond acceptors (Lipinski definition) is 4. The fourth-order valence-corrected chi connectivity index (χ4v) is 1.79. The molecule has 2 N–H and O–H groups in total. The molecule has 2 heterocycles. The minimum absolute atomic E-state index is 0.233.